The normalized spacial score (nSPS) is 11.8. The van der Waals surface area contributed by atoms with Crippen LogP contribution < -0.4 is 15.2 Å². The number of aromatic nitrogens is 1. The highest BCUT2D eigenvalue weighted by atomic mass is 32.2. The molecule has 0 fully saturated rings. The van der Waals surface area contributed by atoms with Gasteiger partial charge in [0.2, 0.25) is 0 Å². The predicted molar refractivity (Wildman–Crippen MR) is 63.1 cm³/mol. The molecule has 0 radical (unpaired) electrons. The fourth-order valence-corrected chi connectivity index (χ4v) is 2.28. The molecule has 8 heteroatoms. The predicted octanol–water partition coefficient (Wildman–Crippen LogP) is 0.387. The van der Waals surface area contributed by atoms with Crippen molar-refractivity contribution in [3.63, 3.8) is 0 Å². The van der Waals surface area contributed by atoms with Crippen molar-refractivity contribution in [3.8, 4) is 0 Å². The summed E-state index contributed by atoms with van der Waals surface area (Å²) in [4.78, 5) is 13.4. The Morgan fingerprint density at radius 2 is 2.18 bits per heavy atom. The summed E-state index contributed by atoms with van der Waals surface area (Å²) in [6.07, 6.45) is 0. The van der Waals surface area contributed by atoms with Crippen LogP contribution in [0.15, 0.2) is 27.4 Å². The minimum atomic E-state index is -3.58. The van der Waals surface area contributed by atoms with Crippen LogP contribution in [-0.4, -0.2) is 19.9 Å². The van der Waals surface area contributed by atoms with Gasteiger partial charge in [0.15, 0.2) is 5.58 Å². The second-order valence-corrected chi connectivity index (χ2v) is 4.83. The van der Waals surface area contributed by atoms with Crippen molar-refractivity contribution < 1.29 is 12.8 Å². The van der Waals surface area contributed by atoms with Gasteiger partial charge < -0.3 is 4.42 Å². The zero-order valence-corrected chi connectivity index (χ0v) is 9.80. The minimum absolute atomic E-state index is 0.289. The van der Waals surface area contributed by atoms with E-state index in [0.29, 0.717) is 16.8 Å². The van der Waals surface area contributed by atoms with E-state index < -0.39 is 16.0 Å². The van der Waals surface area contributed by atoms with Crippen LogP contribution in [0.4, 0.5) is 5.69 Å². The van der Waals surface area contributed by atoms with Gasteiger partial charge in [-0.15, -0.1) is 0 Å². The summed E-state index contributed by atoms with van der Waals surface area (Å²) in [6, 6.07) is 4.52. The van der Waals surface area contributed by atoms with Crippen LogP contribution in [0.2, 0.25) is 0 Å². The summed E-state index contributed by atoms with van der Waals surface area (Å²) in [5.74, 6) is -0.577. The lowest BCUT2D eigenvalue weighted by Crippen LogP contribution is -2.29. The molecular formula is C9H11N3O4S. The molecule has 0 aliphatic carbocycles. The Hall–Kier alpha value is -1.80. The third kappa shape index (κ3) is 2.66. The molecule has 1 aromatic carbocycles. The van der Waals surface area contributed by atoms with Gasteiger partial charge in [0, 0.05) is 12.6 Å². The van der Waals surface area contributed by atoms with Crippen molar-refractivity contribution in [2.24, 2.45) is 0 Å². The zero-order chi connectivity index (χ0) is 12.5. The number of rotatable bonds is 4. The van der Waals surface area contributed by atoms with Crippen LogP contribution in [0.25, 0.3) is 11.1 Å². The van der Waals surface area contributed by atoms with Gasteiger partial charge in [-0.25, -0.2) is 4.79 Å². The average Bonchev–Trinajstić information content (AvgIpc) is 2.56. The van der Waals surface area contributed by atoms with Gasteiger partial charge in [0.05, 0.1) is 11.2 Å². The second-order valence-electron chi connectivity index (χ2n) is 3.33. The molecule has 2 rings (SSSR count). The highest BCUT2D eigenvalue weighted by molar-refractivity contribution is 7.90. The summed E-state index contributed by atoms with van der Waals surface area (Å²) in [7, 11) is -3.58. The van der Waals surface area contributed by atoms with Crippen molar-refractivity contribution in [2.75, 3.05) is 11.3 Å². The molecule has 0 unspecified atom stereocenters. The summed E-state index contributed by atoms with van der Waals surface area (Å²) in [5.41, 5.74) is 1.13. The number of hydrogen-bond donors (Lipinski definition) is 3. The van der Waals surface area contributed by atoms with Gasteiger partial charge in [0.25, 0.3) is 10.2 Å². The maximum absolute atomic E-state index is 11.4. The Morgan fingerprint density at radius 1 is 1.41 bits per heavy atom. The molecule has 0 spiro atoms. The van der Waals surface area contributed by atoms with Gasteiger partial charge in [-0.05, 0) is 12.1 Å². The molecule has 92 valence electrons. The molecule has 2 aromatic rings. The van der Waals surface area contributed by atoms with Gasteiger partial charge in [0.1, 0.15) is 0 Å². The van der Waals surface area contributed by atoms with Crippen molar-refractivity contribution in [2.45, 2.75) is 6.92 Å². The molecule has 7 nitrogen and oxygen atoms in total. The monoisotopic (exact) mass is 257 g/mol. The molecular weight excluding hydrogens is 246 g/mol. The van der Waals surface area contributed by atoms with Crippen molar-refractivity contribution in [1.29, 1.82) is 0 Å². The summed E-state index contributed by atoms with van der Waals surface area (Å²) < 4.78 is 32.2. The molecule has 0 bridgehead atoms. The minimum Gasteiger partial charge on any atom is -0.408 e. The SMILES string of the molecule is CCNS(=O)(=O)Nc1ccc2[nH]c(=O)oc2c1. The fourth-order valence-electron chi connectivity index (χ4n) is 1.39. The van der Waals surface area contributed by atoms with E-state index >= 15 is 0 Å². The van der Waals surface area contributed by atoms with Crippen molar-refractivity contribution in [3.05, 3.63) is 28.7 Å². The van der Waals surface area contributed by atoms with Crippen LogP contribution >= 0.6 is 0 Å². The zero-order valence-electron chi connectivity index (χ0n) is 8.98. The highest BCUT2D eigenvalue weighted by Gasteiger charge is 2.09. The molecule has 0 aliphatic rings. The lowest BCUT2D eigenvalue weighted by Gasteiger charge is -2.07. The third-order valence-electron chi connectivity index (χ3n) is 2.01. The quantitative estimate of drug-likeness (QED) is 0.736. The number of benzene rings is 1. The van der Waals surface area contributed by atoms with Crippen LogP contribution in [0.1, 0.15) is 6.92 Å². The Morgan fingerprint density at radius 3 is 2.88 bits per heavy atom. The van der Waals surface area contributed by atoms with Crippen molar-refractivity contribution >= 4 is 27.0 Å². The number of fused-ring (bicyclic) bond motifs is 1. The fraction of sp³-hybridized carbons (Fsp3) is 0.222. The number of nitrogens with one attached hydrogen (secondary N) is 3. The lowest BCUT2D eigenvalue weighted by atomic mass is 10.3. The summed E-state index contributed by atoms with van der Waals surface area (Å²) >= 11 is 0. The number of aromatic amines is 1. The average molecular weight is 257 g/mol. The molecule has 0 amide bonds. The van der Waals surface area contributed by atoms with Crippen LogP contribution in [0.5, 0.6) is 0 Å². The van der Waals surface area contributed by atoms with Gasteiger partial charge in [-0.3, -0.25) is 9.71 Å². The number of anilines is 1. The van der Waals surface area contributed by atoms with Gasteiger partial charge >= 0.3 is 5.76 Å². The van der Waals surface area contributed by atoms with E-state index in [4.69, 9.17) is 4.42 Å². The van der Waals surface area contributed by atoms with E-state index in [0.717, 1.165) is 0 Å². The first kappa shape index (κ1) is 11.7. The maximum Gasteiger partial charge on any atom is 0.417 e. The Kier molecular flexibility index (Phi) is 2.90. The molecule has 3 N–H and O–H groups in total. The van der Waals surface area contributed by atoms with E-state index in [1.807, 2.05) is 0 Å². The van der Waals surface area contributed by atoms with E-state index in [1.165, 1.54) is 12.1 Å². The Balaban J connectivity index is 2.34. The molecule has 0 aliphatic heterocycles. The number of hydrogen-bond acceptors (Lipinski definition) is 4. The summed E-state index contributed by atoms with van der Waals surface area (Å²) in [6.45, 7) is 1.96. The lowest BCUT2D eigenvalue weighted by molar-refractivity contribution is 0.555. The van der Waals surface area contributed by atoms with Gasteiger partial charge in [-0.2, -0.15) is 13.1 Å². The van der Waals surface area contributed by atoms with Crippen LogP contribution in [0.3, 0.4) is 0 Å². The molecule has 0 atom stereocenters. The number of H-pyrrole nitrogens is 1. The molecule has 0 saturated carbocycles. The third-order valence-corrected chi connectivity index (χ3v) is 3.18. The first-order valence-corrected chi connectivity index (χ1v) is 6.39. The smallest absolute Gasteiger partial charge is 0.408 e. The van der Waals surface area contributed by atoms with E-state index in [9.17, 15) is 13.2 Å². The molecule has 17 heavy (non-hydrogen) atoms. The molecule has 1 heterocycles. The standard InChI is InChI=1S/C9H11N3O4S/c1-2-10-17(14,15)12-6-3-4-7-8(5-6)16-9(13)11-7/h3-5,10,12H,2H2,1H3,(H,11,13). The Bertz CT molecular complexity index is 686. The number of oxazole rings is 1. The highest BCUT2D eigenvalue weighted by Crippen LogP contribution is 2.16. The first-order chi connectivity index (χ1) is 8.00. The second kappa shape index (κ2) is 4.22. The van der Waals surface area contributed by atoms with E-state index in [1.54, 1.807) is 13.0 Å². The Labute approximate surface area is 97.0 Å². The topological polar surface area (TPSA) is 104 Å². The first-order valence-electron chi connectivity index (χ1n) is 4.90. The van der Waals surface area contributed by atoms with E-state index in [-0.39, 0.29) is 6.54 Å². The van der Waals surface area contributed by atoms with Crippen LogP contribution in [-0.2, 0) is 10.2 Å². The molecule has 0 saturated heterocycles. The van der Waals surface area contributed by atoms with Gasteiger partial charge in [-0.1, -0.05) is 6.92 Å². The maximum atomic E-state index is 11.4. The van der Waals surface area contributed by atoms with Crippen LogP contribution in [0, 0.1) is 0 Å². The van der Waals surface area contributed by atoms with E-state index in [2.05, 4.69) is 14.4 Å². The van der Waals surface area contributed by atoms with Crippen molar-refractivity contribution in [1.82, 2.24) is 9.71 Å². The largest absolute Gasteiger partial charge is 0.417 e. The summed E-state index contributed by atoms with van der Waals surface area (Å²) in [5, 5.41) is 0. The molecule has 1 aromatic heterocycles.